The van der Waals surface area contributed by atoms with E-state index in [0.717, 1.165) is 59.1 Å². The van der Waals surface area contributed by atoms with Crippen molar-refractivity contribution in [1.82, 2.24) is 0 Å². The van der Waals surface area contributed by atoms with Gasteiger partial charge < -0.3 is 14.6 Å². The van der Waals surface area contributed by atoms with E-state index in [1.54, 1.807) is 26.0 Å². The van der Waals surface area contributed by atoms with Crippen molar-refractivity contribution < 1.29 is 23.8 Å². The van der Waals surface area contributed by atoms with Crippen LogP contribution in [0, 0.1) is 26.6 Å². The molecule has 0 aliphatic carbocycles. The molecule has 2 aromatic rings. The molecule has 1 atom stereocenters. The van der Waals surface area contributed by atoms with Gasteiger partial charge in [0.1, 0.15) is 17.3 Å². The summed E-state index contributed by atoms with van der Waals surface area (Å²) in [6.07, 6.45) is 4.72. The number of hydrogen-bond acceptors (Lipinski definition) is 4. The Morgan fingerprint density at radius 2 is 1.64 bits per heavy atom. The summed E-state index contributed by atoms with van der Waals surface area (Å²) in [4.78, 5) is 23.2. The Bertz CT molecular complexity index is 963. The van der Waals surface area contributed by atoms with Crippen LogP contribution in [0.2, 0.25) is 0 Å². The minimum atomic E-state index is -0.296. The third-order valence-electron chi connectivity index (χ3n) is 6.51. The Balaban J connectivity index is 2.37. The highest BCUT2D eigenvalue weighted by atomic mass is 19.1. The van der Waals surface area contributed by atoms with Crippen molar-refractivity contribution in [1.29, 1.82) is 0 Å². The van der Waals surface area contributed by atoms with Crippen molar-refractivity contribution in [2.45, 2.75) is 85.5 Å². The number of hydrogen-bond donors (Lipinski definition) is 1. The number of esters is 1. The predicted molar refractivity (Wildman–Crippen MR) is 129 cm³/mol. The first-order valence-corrected chi connectivity index (χ1v) is 11.9. The Morgan fingerprint density at radius 3 is 2.24 bits per heavy atom. The molecule has 0 aromatic heterocycles. The largest absolute Gasteiger partial charge is 0.507 e. The number of ether oxygens (including phenoxy) is 1. The number of halogens is 1. The van der Waals surface area contributed by atoms with E-state index in [-0.39, 0.29) is 29.2 Å². The number of phenols is 1. The maximum Gasteiger partial charge on any atom is 0.305 e. The summed E-state index contributed by atoms with van der Waals surface area (Å²) in [6.45, 7) is 9.69. The number of carbonyl (C=O) groups is 2. The van der Waals surface area contributed by atoms with E-state index in [0.29, 0.717) is 25.9 Å². The van der Waals surface area contributed by atoms with E-state index in [1.807, 2.05) is 20.8 Å². The number of phenolic OH excluding ortho intramolecular Hbond substituents is 1. The van der Waals surface area contributed by atoms with Crippen molar-refractivity contribution in [3.05, 3.63) is 63.5 Å². The highest BCUT2D eigenvalue weighted by Crippen LogP contribution is 2.42. The zero-order valence-electron chi connectivity index (χ0n) is 20.6. The second kappa shape index (κ2) is 12.5. The molecule has 1 N–H and O–H groups in total. The molecule has 0 spiro atoms. The first-order chi connectivity index (χ1) is 15.7. The van der Waals surface area contributed by atoms with Gasteiger partial charge in [-0.2, -0.15) is 0 Å². The van der Waals surface area contributed by atoms with Gasteiger partial charge >= 0.3 is 5.97 Å². The van der Waals surface area contributed by atoms with Gasteiger partial charge in [-0.3, -0.25) is 4.79 Å². The molecule has 4 nitrogen and oxygen atoms in total. The lowest BCUT2D eigenvalue weighted by Crippen LogP contribution is -2.10. The smallest absolute Gasteiger partial charge is 0.305 e. The lowest BCUT2D eigenvalue weighted by Gasteiger charge is -2.26. The van der Waals surface area contributed by atoms with Crippen LogP contribution in [0.25, 0.3) is 0 Å². The van der Waals surface area contributed by atoms with E-state index in [2.05, 4.69) is 0 Å². The molecule has 180 valence electrons. The van der Waals surface area contributed by atoms with Crippen molar-refractivity contribution in [3.8, 4) is 5.75 Å². The van der Waals surface area contributed by atoms with Crippen LogP contribution in [-0.4, -0.2) is 23.5 Å². The SMILES string of the molecule is CCOC(=O)CCCCCC(c1ccc(F)cc1)c1c(C)c(CCC(C)=O)c(C)c(C)c1O. The molecule has 2 rings (SSSR count). The number of carbonyl (C=O) groups excluding carboxylic acids is 2. The molecule has 0 aliphatic heterocycles. The summed E-state index contributed by atoms with van der Waals surface area (Å²) in [5.41, 5.74) is 5.74. The van der Waals surface area contributed by atoms with Crippen LogP contribution in [0.4, 0.5) is 4.39 Å². The quantitative estimate of drug-likeness (QED) is 0.288. The number of ketones is 1. The molecule has 0 radical (unpaired) electrons. The Hall–Kier alpha value is -2.69. The van der Waals surface area contributed by atoms with Crippen LogP contribution in [0.1, 0.15) is 91.7 Å². The molecular formula is C28H37FO4. The van der Waals surface area contributed by atoms with Crippen LogP contribution >= 0.6 is 0 Å². The van der Waals surface area contributed by atoms with Crippen molar-refractivity contribution in [2.75, 3.05) is 6.61 Å². The fourth-order valence-corrected chi connectivity index (χ4v) is 4.53. The highest BCUT2D eigenvalue weighted by molar-refractivity contribution is 5.76. The van der Waals surface area contributed by atoms with Crippen LogP contribution in [0.3, 0.4) is 0 Å². The monoisotopic (exact) mass is 456 g/mol. The van der Waals surface area contributed by atoms with Crippen LogP contribution in [-0.2, 0) is 20.7 Å². The molecule has 0 saturated heterocycles. The lowest BCUT2D eigenvalue weighted by atomic mass is 9.79. The van der Waals surface area contributed by atoms with Gasteiger partial charge in [-0.15, -0.1) is 0 Å². The van der Waals surface area contributed by atoms with Gasteiger partial charge in [0, 0.05) is 24.3 Å². The standard InChI is InChI=1S/C28H37FO4/c1-6-33-26(31)11-9-7-8-10-25(22-13-15-23(29)16-14-22)27-21(5)24(17-12-18(2)30)19(3)20(4)28(27)32/h13-16,25,32H,6-12,17H2,1-5H3. The predicted octanol–water partition coefficient (Wildman–Crippen LogP) is 6.62. The minimum absolute atomic E-state index is 0.108. The van der Waals surface area contributed by atoms with Crippen LogP contribution in [0.15, 0.2) is 24.3 Å². The third kappa shape index (κ3) is 7.15. The Morgan fingerprint density at radius 1 is 0.970 bits per heavy atom. The molecule has 1 unspecified atom stereocenters. The molecule has 0 fully saturated rings. The molecule has 5 heteroatoms. The molecule has 0 bridgehead atoms. The molecule has 0 amide bonds. The van der Waals surface area contributed by atoms with Crippen molar-refractivity contribution >= 4 is 11.8 Å². The van der Waals surface area contributed by atoms with Gasteiger partial charge in [0.25, 0.3) is 0 Å². The van der Waals surface area contributed by atoms with Gasteiger partial charge in [-0.1, -0.05) is 25.0 Å². The van der Waals surface area contributed by atoms with E-state index < -0.39 is 0 Å². The number of rotatable bonds is 12. The zero-order valence-corrected chi connectivity index (χ0v) is 20.6. The maximum absolute atomic E-state index is 13.6. The number of aromatic hydroxyl groups is 1. The third-order valence-corrected chi connectivity index (χ3v) is 6.51. The average molecular weight is 457 g/mol. The van der Waals surface area contributed by atoms with Crippen molar-refractivity contribution in [3.63, 3.8) is 0 Å². The Labute approximate surface area is 197 Å². The summed E-state index contributed by atoms with van der Waals surface area (Å²) in [5, 5.41) is 11.2. The average Bonchev–Trinajstić information content (AvgIpc) is 2.77. The molecule has 0 saturated carbocycles. The first kappa shape index (κ1) is 26.6. The molecule has 33 heavy (non-hydrogen) atoms. The summed E-state index contributed by atoms with van der Waals surface area (Å²) < 4.78 is 18.6. The Kier molecular flexibility index (Phi) is 10.1. The summed E-state index contributed by atoms with van der Waals surface area (Å²) >= 11 is 0. The number of unbranched alkanes of at least 4 members (excludes halogenated alkanes) is 2. The summed E-state index contributed by atoms with van der Waals surface area (Å²) in [5.74, 6) is -0.167. The van der Waals surface area contributed by atoms with Gasteiger partial charge in [-0.05, 0) is 93.8 Å². The van der Waals surface area contributed by atoms with Crippen LogP contribution in [0.5, 0.6) is 5.75 Å². The molecule has 2 aromatic carbocycles. The number of benzene rings is 2. The molecular weight excluding hydrogens is 419 g/mol. The van der Waals surface area contributed by atoms with Gasteiger partial charge in [-0.25, -0.2) is 4.39 Å². The fraction of sp³-hybridized carbons (Fsp3) is 0.500. The molecule has 0 aliphatic rings. The fourth-order valence-electron chi connectivity index (χ4n) is 4.53. The minimum Gasteiger partial charge on any atom is -0.507 e. The van der Waals surface area contributed by atoms with Gasteiger partial charge in [0.05, 0.1) is 6.61 Å². The zero-order chi connectivity index (χ0) is 24.5. The van der Waals surface area contributed by atoms with E-state index in [4.69, 9.17) is 4.74 Å². The lowest BCUT2D eigenvalue weighted by molar-refractivity contribution is -0.143. The first-order valence-electron chi connectivity index (χ1n) is 11.9. The maximum atomic E-state index is 13.6. The van der Waals surface area contributed by atoms with E-state index in [9.17, 15) is 19.1 Å². The van der Waals surface area contributed by atoms with Crippen LogP contribution < -0.4 is 0 Å². The van der Waals surface area contributed by atoms with Gasteiger partial charge in [0.2, 0.25) is 0 Å². The second-order valence-electron chi connectivity index (χ2n) is 8.83. The molecule has 0 heterocycles. The highest BCUT2D eigenvalue weighted by Gasteiger charge is 2.25. The normalized spacial score (nSPS) is 11.9. The van der Waals surface area contributed by atoms with Gasteiger partial charge in [0.15, 0.2) is 0 Å². The van der Waals surface area contributed by atoms with Crippen molar-refractivity contribution in [2.24, 2.45) is 0 Å². The number of Topliss-reactive ketones (excluding diaryl/α,β-unsaturated/α-hetero) is 1. The summed E-state index contributed by atoms with van der Waals surface area (Å²) in [7, 11) is 0. The van der Waals surface area contributed by atoms with E-state index >= 15 is 0 Å². The second-order valence-corrected chi connectivity index (χ2v) is 8.83. The topological polar surface area (TPSA) is 63.6 Å². The summed E-state index contributed by atoms with van der Waals surface area (Å²) in [6, 6.07) is 6.46. The van der Waals surface area contributed by atoms with E-state index in [1.165, 1.54) is 12.1 Å².